The molecule has 11 heteroatoms. The standard InChI is InChI=1S/C42H44ClN5O5/c1-28(53-42(50)37-8-5-21-44-40(37)47-24-22-46(23-25-47)27-30-9-15-33(43)16-10-30)41(49)48-39(31-13-19-35(52-3)20-14-31)36-7-4-6-32(38(36)45-48)26-29-11-17-34(51-2)18-12-29/h5,8-21,26,28,36,39H,4,6-7,22-25,27H2,1-3H3/b32-26-. The van der Waals surface area contributed by atoms with Gasteiger partial charge >= 0.3 is 5.97 Å². The third-order valence-corrected chi connectivity index (χ3v) is 10.5. The van der Waals surface area contributed by atoms with E-state index in [1.54, 1.807) is 39.5 Å². The van der Waals surface area contributed by atoms with Crippen LogP contribution in [0.25, 0.3) is 6.08 Å². The quantitative estimate of drug-likeness (QED) is 0.155. The highest BCUT2D eigenvalue weighted by molar-refractivity contribution is 6.30. The largest absolute Gasteiger partial charge is 0.497 e. The van der Waals surface area contributed by atoms with Crippen molar-refractivity contribution in [2.45, 2.75) is 44.9 Å². The molecule has 1 saturated carbocycles. The van der Waals surface area contributed by atoms with E-state index in [-0.39, 0.29) is 17.9 Å². The lowest BCUT2D eigenvalue weighted by atomic mass is 9.77. The summed E-state index contributed by atoms with van der Waals surface area (Å²) in [4.78, 5) is 37.2. The van der Waals surface area contributed by atoms with E-state index in [9.17, 15) is 9.59 Å². The number of hydrogen-bond acceptors (Lipinski definition) is 9. The molecular formula is C42H44ClN5O5. The lowest BCUT2D eigenvalue weighted by molar-refractivity contribution is -0.142. The summed E-state index contributed by atoms with van der Waals surface area (Å²) in [5.74, 6) is 1.08. The van der Waals surface area contributed by atoms with Crippen LogP contribution in [0.5, 0.6) is 11.5 Å². The summed E-state index contributed by atoms with van der Waals surface area (Å²) in [5, 5.41) is 7.27. The van der Waals surface area contributed by atoms with Gasteiger partial charge in [0.05, 0.1) is 26.0 Å². The number of hydrazone groups is 1. The van der Waals surface area contributed by atoms with Crippen molar-refractivity contribution in [1.29, 1.82) is 0 Å². The summed E-state index contributed by atoms with van der Waals surface area (Å²) in [6, 6.07) is 26.7. The van der Waals surface area contributed by atoms with E-state index in [2.05, 4.69) is 20.9 Å². The lowest BCUT2D eigenvalue weighted by Gasteiger charge is -2.36. The van der Waals surface area contributed by atoms with Crippen molar-refractivity contribution in [3.05, 3.63) is 124 Å². The highest BCUT2D eigenvalue weighted by Crippen LogP contribution is 2.45. The maximum atomic E-state index is 14.3. The van der Waals surface area contributed by atoms with Crippen LogP contribution in [0.4, 0.5) is 5.82 Å². The first-order chi connectivity index (χ1) is 25.8. The monoisotopic (exact) mass is 733 g/mol. The summed E-state index contributed by atoms with van der Waals surface area (Å²) >= 11 is 6.07. The molecule has 3 heterocycles. The molecule has 1 saturated heterocycles. The molecule has 4 aromatic rings. The van der Waals surface area contributed by atoms with Crippen molar-refractivity contribution in [1.82, 2.24) is 14.9 Å². The van der Waals surface area contributed by atoms with Gasteiger partial charge in [-0.1, -0.05) is 48.0 Å². The van der Waals surface area contributed by atoms with Gasteiger partial charge in [0.25, 0.3) is 5.91 Å². The molecule has 10 nitrogen and oxygen atoms in total. The Morgan fingerprint density at radius 1 is 0.906 bits per heavy atom. The zero-order valence-corrected chi connectivity index (χ0v) is 31.0. The average Bonchev–Trinajstić information content (AvgIpc) is 3.59. The molecule has 3 aliphatic rings. The highest BCUT2D eigenvalue weighted by Gasteiger charge is 2.45. The Morgan fingerprint density at radius 3 is 2.26 bits per heavy atom. The zero-order chi connectivity index (χ0) is 36.9. The number of amides is 1. The molecule has 0 bridgehead atoms. The summed E-state index contributed by atoms with van der Waals surface area (Å²) < 4.78 is 16.7. The molecular weight excluding hydrogens is 690 g/mol. The predicted octanol–water partition coefficient (Wildman–Crippen LogP) is 7.44. The number of esters is 1. The van der Waals surface area contributed by atoms with Gasteiger partial charge in [0, 0.05) is 49.9 Å². The lowest BCUT2D eigenvalue weighted by Crippen LogP contribution is -2.46. The van der Waals surface area contributed by atoms with E-state index in [0.29, 0.717) is 24.5 Å². The number of carbonyl (C=O) groups excluding carboxylic acids is 2. The molecule has 2 aliphatic heterocycles. The van der Waals surface area contributed by atoms with Crippen LogP contribution < -0.4 is 14.4 Å². The third kappa shape index (κ3) is 8.09. The van der Waals surface area contributed by atoms with E-state index in [0.717, 1.165) is 77.8 Å². The second-order valence-corrected chi connectivity index (χ2v) is 14.1. The summed E-state index contributed by atoms with van der Waals surface area (Å²) in [5.41, 5.74) is 5.49. The molecule has 274 valence electrons. The SMILES string of the molecule is COc1ccc(/C=C2/CCCC3C2=NN(C(=O)C(C)OC(=O)c2cccnc2N2CCN(Cc4ccc(Cl)cc4)CC2)C3c2ccc(OC)cc2)cc1. The Kier molecular flexibility index (Phi) is 11.1. The number of benzene rings is 3. The van der Waals surface area contributed by atoms with Crippen LogP contribution in [0.2, 0.25) is 5.02 Å². The minimum Gasteiger partial charge on any atom is -0.497 e. The Morgan fingerprint density at radius 2 is 1.58 bits per heavy atom. The predicted molar refractivity (Wildman–Crippen MR) is 206 cm³/mol. The van der Waals surface area contributed by atoms with Crippen LogP contribution in [0.1, 0.15) is 59.3 Å². The number of fused-ring (bicyclic) bond motifs is 1. The fourth-order valence-corrected chi connectivity index (χ4v) is 7.58. The molecule has 3 aromatic carbocycles. The minimum atomic E-state index is -1.09. The van der Waals surface area contributed by atoms with Crippen molar-refractivity contribution in [3.63, 3.8) is 0 Å². The summed E-state index contributed by atoms with van der Waals surface area (Å²) in [7, 11) is 3.28. The van der Waals surface area contributed by atoms with Crippen molar-refractivity contribution in [3.8, 4) is 11.5 Å². The molecule has 0 radical (unpaired) electrons. The molecule has 1 amide bonds. The Balaban J connectivity index is 1.09. The first-order valence-corrected chi connectivity index (χ1v) is 18.5. The molecule has 2 fully saturated rings. The second kappa shape index (κ2) is 16.2. The van der Waals surface area contributed by atoms with Gasteiger partial charge in [-0.25, -0.2) is 14.8 Å². The van der Waals surface area contributed by atoms with E-state index >= 15 is 0 Å². The second-order valence-electron chi connectivity index (χ2n) is 13.6. The van der Waals surface area contributed by atoms with Gasteiger partial charge < -0.3 is 19.1 Å². The van der Waals surface area contributed by atoms with Crippen LogP contribution in [-0.2, 0) is 16.1 Å². The zero-order valence-electron chi connectivity index (χ0n) is 30.3. The summed E-state index contributed by atoms with van der Waals surface area (Å²) in [6.45, 7) is 5.44. The molecule has 0 spiro atoms. The van der Waals surface area contributed by atoms with Crippen LogP contribution in [0.3, 0.4) is 0 Å². The molecule has 0 N–H and O–H groups in total. The normalized spacial score (nSPS) is 20.1. The van der Waals surface area contributed by atoms with Crippen molar-refractivity contribution in [2.24, 2.45) is 11.0 Å². The first kappa shape index (κ1) is 36.2. The van der Waals surface area contributed by atoms with Crippen LogP contribution in [-0.4, -0.2) is 79.0 Å². The Bertz CT molecular complexity index is 1970. The molecule has 53 heavy (non-hydrogen) atoms. The van der Waals surface area contributed by atoms with E-state index < -0.39 is 12.1 Å². The van der Waals surface area contributed by atoms with Crippen LogP contribution in [0.15, 0.2) is 102 Å². The van der Waals surface area contributed by atoms with Gasteiger partial charge in [0.1, 0.15) is 22.9 Å². The number of carbonyl (C=O) groups is 2. The number of allylic oxidation sites excluding steroid dienone is 1. The number of aromatic nitrogens is 1. The smallest absolute Gasteiger partial charge is 0.342 e. The number of ether oxygens (including phenoxy) is 3. The van der Waals surface area contributed by atoms with Gasteiger partial charge in [0.15, 0.2) is 6.10 Å². The maximum Gasteiger partial charge on any atom is 0.342 e. The molecule has 1 aromatic heterocycles. The maximum absolute atomic E-state index is 14.3. The number of piperazine rings is 1. The fourth-order valence-electron chi connectivity index (χ4n) is 7.45. The van der Waals surface area contributed by atoms with Crippen molar-refractivity contribution >= 4 is 41.1 Å². The first-order valence-electron chi connectivity index (χ1n) is 18.1. The van der Waals surface area contributed by atoms with E-state index in [4.69, 9.17) is 30.9 Å². The van der Waals surface area contributed by atoms with Gasteiger partial charge in [-0.05, 0) is 103 Å². The number of halogens is 1. The molecule has 1 aliphatic carbocycles. The van der Waals surface area contributed by atoms with E-state index in [1.165, 1.54) is 10.6 Å². The van der Waals surface area contributed by atoms with Gasteiger partial charge in [-0.3, -0.25) is 9.69 Å². The Labute approximate surface area is 315 Å². The summed E-state index contributed by atoms with van der Waals surface area (Å²) in [6.07, 6.45) is 5.42. The average molecular weight is 734 g/mol. The molecule has 7 rings (SSSR count). The van der Waals surface area contributed by atoms with Crippen LogP contribution in [0, 0.1) is 5.92 Å². The minimum absolute atomic E-state index is 0.0169. The number of methoxy groups -OCH3 is 2. The van der Waals surface area contributed by atoms with Gasteiger partial charge in [-0.2, -0.15) is 5.10 Å². The van der Waals surface area contributed by atoms with Crippen molar-refractivity contribution < 1.29 is 23.8 Å². The van der Waals surface area contributed by atoms with E-state index in [1.807, 2.05) is 72.8 Å². The third-order valence-electron chi connectivity index (χ3n) is 10.3. The van der Waals surface area contributed by atoms with Crippen molar-refractivity contribution in [2.75, 3.05) is 45.3 Å². The Hall–Kier alpha value is -5.19. The van der Waals surface area contributed by atoms with Gasteiger partial charge in [-0.15, -0.1) is 0 Å². The number of rotatable bonds is 10. The number of anilines is 1. The number of hydrogen-bond donors (Lipinski definition) is 0. The molecule has 3 unspecified atom stereocenters. The fraction of sp³-hybridized carbons (Fsp3) is 0.333. The number of nitrogens with zero attached hydrogens (tertiary/aromatic N) is 5. The number of pyridine rings is 1. The molecule has 3 atom stereocenters. The highest BCUT2D eigenvalue weighted by atomic mass is 35.5. The van der Waals surface area contributed by atoms with Gasteiger partial charge in [0.2, 0.25) is 0 Å². The topological polar surface area (TPSA) is 96.8 Å². The van der Waals surface area contributed by atoms with Crippen LogP contribution >= 0.6 is 11.6 Å².